The van der Waals surface area contributed by atoms with Crippen LogP contribution in [0.15, 0.2) is 24.3 Å². The molecule has 1 rings (SSSR count). The van der Waals surface area contributed by atoms with Crippen LogP contribution in [-0.4, -0.2) is 37.0 Å². The zero-order valence-corrected chi connectivity index (χ0v) is 12.2. The number of anilines is 1. The van der Waals surface area contributed by atoms with Crippen molar-refractivity contribution in [1.82, 2.24) is 4.90 Å². The SMILES string of the molecule is CC(C)CN(CCCN)CC(=O)Nc1ccccc1F. The molecule has 0 fully saturated rings. The highest BCUT2D eigenvalue weighted by Crippen LogP contribution is 2.12. The highest BCUT2D eigenvalue weighted by atomic mass is 19.1. The minimum absolute atomic E-state index is 0.201. The molecular formula is C15H24FN3O. The molecule has 0 aromatic heterocycles. The summed E-state index contributed by atoms with van der Waals surface area (Å²) in [7, 11) is 0. The number of amides is 1. The number of nitrogens with one attached hydrogen (secondary N) is 1. The van der Waals surface area contributed by atoms with Gasteiger partial charge in [0.25, 0.3) is 0 Å². The second-order valence-corrected chi connectivity index (χ2v) is 5.30. The smallest absolute Gasteiger partial charge is 0.238 e. The Bertz CT molecular complexity index is 423. The highest BCUT2D eigenvalue weighted by Gasteiger charge is 2.13. The number of carbonyl (C=O) groups is 1. The largest absolute Gasteiger partial charge is 0.330 e. The summed E-state index contributed by atoms with van der Waals surface area (Å²) in [4.78, 5) is 14.0. The van der Waals surface area contributed by atoms with Gasteiger partial charge in [0.1, 0.15) is 5.82 Å². The van der Waals surface area contributed by atoms with Crippen LogP contribution >= 0.6 is 0 Å². The number of rotatable bonds is 8. The Labute approximate surface area is 120 Å². The molecule has 0 radical (unpaired) electrons. The van der Waals surface area contributed by atoms with Crippen LogP contribution < -0.4 is 11.1 Å². The zero-order valence-electron chi connectivity index (χ0n) is 12.2. The van der Waals surface area contributed by atoms with Crippen LogP contribution in [0.25, 0.3) is 0 Å². The molecule has 20 heavy (non-hydrogen) atoms. The minimum atomic E-state index is -0.418. The Hall–Kier alpha value is -1.46. The van der Waals surface area contributed by atoms with Gasteiger partial charge in [-0.3, -0.25) is 9.69 Å². The van der Waals surface area contributed by atoms with E-state index in [1.165, 1.54) is 6.07 Å². The first kappa shape index (κ1) is 16.6. The van der Waals surface area contributed by atoms with Gasteiger partial charge in [0.05, 0.1) is 12.2 Å². The molecule has 0 heterocycles. The van der Waals surface area contributed by atoms with Crippen molar-refractivity contribution in [3.05, 3.63) is 30.1 Å². The Morgan fingerprint density at radius 1 is 1.40 bits per heavy atom. The summed E-state index contributed by atoms with van der Waals surface area (Å²) in [5, 5.41) is 2.60. The Balaban J connectivity index is 2.54. The average molecular weight is 281 g/mol. The van der Waals surface area contributed by atoms with Crippen LogP contribution in [0.2, 0.25) is 0 Å². The first-order valence-electron chi connectivity index (χ1n) is 6.99. The van der Waals surface area contributed by atoms with E-state index < -0.39 is 5.82 Å². The predicted molar refractivity (Wildman–Crippen MR) is 80.0 cm³/mol. The molecule has 0 unspecified atom stereocenters. The van der Waals surface area contributed by atoms with E-state index in [0.29, 0.717) is 12.5 Å². The molecule has 5 heteroatoms. The fraction of sp³-hybridized carbons (Fsp3) is 0.533. The maximum absolute atomic E-state index is 13.5. The first-order chi connectivity index (χ1) is 9.52. The maximum atomic E-state index is 13.5. The van der Waals surface area contributed by atoms with E-state index in [1.54, 1.807) is 18.2 Å². The number of halogens is 1. The summed E-state index contributed by atoms with van der Waals surface area (Å²) < 4.78 is 13.5. The highest BCUT2D eigenvalue weighted by molar-refractivity contribution is 5.92. The summed E-state index contributed by atoms with van der Waals surface area (Å²) >= 11 is 0. The third-order valence-electron chi connectivity index (χ3n) is 2.82. The Morgan fingerprint density at radius 3 is 2.70 bits per heavy atom. The normalized spacial score (nSPS) is 11.1. The number of nitrogens with zero attached hydrogens (tertiary/aromatic N) is 1. The number of para-hydroxylation sites is 1. The van der Waals surface area contributed by atoms with E-state index in [9.17, 15) is 9.18 Å². The van der Waals surface area contributed by atoms with Gasteiger partial charge < -0.3 is 11.1 Å². The van der Waals surface area contributed by atoms with Crippen molar-refractivity contribution in [2.75, 3.05) is 31.5 Å². The molecule has 1 aromatic rings. The molecule has 0 spiro atoms. The van der Waals surface area contributed by atoms with Gasteiger partial charge in [-0.05, 0) is 37.6 Å². The standard InChI is InChI=1S/C15H24FN3O/c1-12(2)10-19(9-5-8-17)11-15(20)18-14-7-4-3-6-13(14)16/h3-4,6-7,12H,5,8-11,17H2,1-2H3,(H,18,20). The molecule has 0 saturated carbocycles. The topological polar surface area (TPSA) is 58.4 Å². The van der Waals surface area contributed by atoms with Crippen molar-refractivity contribution in [3.63, 3.8) is 0 Å². The summed E-state index contributed by atoms with van der Waals surface area (Å²) in [6.45, 7) is 6.66. The van der Waals surface area contributed by atoms with E-state index >= 15 is 0 Å². The van der Waals surface area contributed by atoms with Crippen LogP contribution in [0.5, 0.6) is 0 Å². The second kappa shape index (κ2) is 8.66. The van der Waals surface area contributed by atoms with Gasteiger partial charge >= 0.3 is 0 Å². The van der Waals surface area contributed by atoms with Crippen LogP contribution in [0.1, 0.15) is 20.3 Å². The maximum Gasteiger partial charge on any atom is 0.238 e. The first-order valence-corrected chi connectivity index (χ1v) is 6.99. The van der Waals surface area contributed by atoms with E-state index in [2.05, 4.69) is 19.2 Å². The van der Waals surface area contributed by atoms with Gasteiger partial charge in [-0.15, -0.1) is 0 Å². The van der Waals surface area contributed by atoms with E-state index in [0.717, 1.165) is 19.5 Å². The average Bonchev–Trinajstić information content (AvgIpc) is 2.38. The lowest BCUT2D eigenvalue weighted by atomic mass is 10.2. The van der Waals surface area contributed by atoms with Gasteiger partial charge in [-0.1, -0.05) is 26.0 Å². The van der Waals surface area contributed by atoms with E-state index in [-0.39, 0.29) is 18.1 Å². The number of hydrogen-bond donors (Lipinski definition) is 2. The molecule has 0 bridgehead atoms. The fourth-order valence-electron chi connectivity index (χ4n) is 2.02. The van der Waals surface area contributed by atoms with Crippen LogP contribution in [0.4, 0.5) is 10.1 Å². The Kier molecular flexibility index (Phi) is 7.18. The molecular weight excluding hydrogens is 257 g/mol. The zero-order chi connectivity index (χ0) is 15.0. The lowest BCUT2D eigenvalue weighted by Gasteiger charge is -2.23. The van der Waals surface area contributed by atoms with Crippen molar-refractivity contribution in [1.29, 1.82) is 0 Å². The van der Waals surface area contributed by atoms with Gasteiger partial charge in [-0.2, -0.15) is 0 Å². The molecule has 0 aliphatic rings. The summed E-state index contributed by atoms with van der Waals surface area (Å²) in [6.07, 6.45) is 0.847. The van der Waals surface area contributed by atoms with Crippen LogP contribution in [0, 0.1) is 11.7 Å². The molecule has 1 amide bonds. The molecule has 1 aromatic carbocycles. The third-order valence-corrected chi connectivity index (χ3v) is 2.82. The van der Waals surface area contributed by atoms with Crippen molar-refractivity contribution < 1.29 is 9.18 Å². The number of nitrogens with two attached hydrogens (primary N) is 1. The second-order valence-electron chi connectivity index (χ2n) is 5.30. The molecule has 3 N–H and O–H groups in total. The van der Waals surface area contributed by atoms with E-state index in [1.807, 2.05) is 4.90 Å². The van der Waals surface area contributed by atoms with Crippen molar-refractivity contribution in [2.24, 2.45) is 11.7 Å². The number of carbonyl (C=O) groups excluding carboxylic acids is 1. The molecule has 4 nitrogen and oxygen atoms in total. The van der Waals surface area contributed by atoms with Crippen LogP contribution in [0.3, 0.4) is 0 Å². The number of benzene rings is 1. The van der Waals surface area contributed by atoms with Gasteiger partial charge in [0, 0.05) is 6.54 Å². The Morgan fingerprint density at radius 2 is 2.10 bits per heavy atom. The number of hydrogen-bond acceptors (Lipinski definition) is 3. The minimum Gasteiger partial charge on any atom is -0.330 e. The molecule has 112 valence electrons. The van der Waals surface area contributed by atoms with Gasteiger partial charge in [0.15, 0.2) is 0 Å². The van der Waals surface area contributed by atoms with Crippen molar-refractivity contribution in [3.8, 4) is 0 Å². The van der Waals surface area contributed by atoms with Crippen molar-refractivity contribution in [2.45, 2.75) is 20.3 Å². The third kappa shape index (κ3) is 6.12. The molecule has 0 atom stereocenters. The predicted octanol–water partition coefficient (Wildman–Crippen LogP) is 2.07. The quantitative estimate of drug-likeness (QED) is 0.767. The van der Waals surface area contributed by atoms with Crippen molar-refractivity contribution >= 4 is 11.6 Å². The van der Waals surface area contributed by atoms with Gasteiger partial charge in [0.2, 0.25) is 5.91 Å². The molecule has 0 aliphatic carbocycles. The monoisotopic (exact) mass is 281 g/mol. The fourth-order valence-corrected chi connectivity index (χ4v) is 2.02. The van der Waals surface area contributed by atoms with Gasteiger partial charge in [-0.25, -0.2) is 4.39 Å². The molecule has 0 aliphatic heterocycles. The molecule has 0 saturated heterocycles. The lowest BCUT2D eigenvalue weighted by Crippen LogP contribution is -2.37. The summed E-state index contributed by atoms with van der Waals surface area (Å²) in [5.74, 6) is -0.153. The lowest BCUT2D eigenvalue weighted by molar-refractivity contribution is -0.117. The summed E-state index contributed by atoms with van der Waals surface area (Å²) in [6, 6.07) is 6.17. The van der Waals surface area contributed by atoms with E-state index in [4.69, 9.17) is 5.73 Å². The van der Waals surface area contributed by atoms with Crippen LogP contribution in [-0.2, 0) is 4.79 Å². The summed E-state index contributed by atoms with van der Waals surface area (Å²) in [5.41, 5.74) is 5.73.